The Kier molecular flexibility index (Phi) is 7.73. The van der Waals surface area contributed by atoms with Gasteiger partial charge in [-0.1, -0.05) is 49.7 Å². The molecule has 8 heteroatoms. The van der Waals surface area contributed by atoms with E-state index in [4.69, 9.17) is 0 Å². The summed E-state index contributed by atoms with van der Waals surface area (Å²) in [5.41, 5.74) is 2.78. The van der Waals surface area contributed by atoms with E-state index < -0.39 is 15.9 Å². The van der Waals surface area contributed by atoms with Crippen molar-refractivity contribution >= 4 is 33.2 Å². The normalized spacial score (nSPS) is 11.2. The third-order valence-electron chi connectivity index (χ3n) is 5.13. The van der Waals surface area contributed by atoms with E-state index in [1.165, 1.54) is 6.07 Å². The lowest BCUT2D eigenvalue weighted by molar-refractivity contribution is 0.0950. The summed E-state index contributed by atoms with van der Waals surface area (Å²) in [6.07, 6.45) is 0. The summed E-state index contributed by atoms with van der Waals surface area (Å²) in [6, 6.07) is 18.1. The number of hydrogen-bond acceptors (Lipinski definition) is 4. The topological polar surface area (TPSA) is 104 Å². The molecule has 0 spiro atoms. The molecule has 3 aromatic rings. The summed E-state index contributed by atoms with van der Waals surface area (Å²) in [4.78, 5) is 25.5. The van der Waals surface area contributed by atoms with Crippen LogP contribution in [0.3, 0.4) is 0 Å². The number of para-hydroxylation sites is 1. The third-order valence-corrected chi connectivity index (χ3v) is 6.66. The fourth-order valence-electron chi connectivity index (χ4n) is 3.24. The van der Waals surface area contributed by atoms with Gasteiger partial charge in [0.25, 0.3) is 21.8 Å². The largest absolute Gasteiger partial charge is 0.352 e. The van der Waals surface area contributed by atoms with Crippen LogP contribution in [0, 0.1) is 19.8 Å². The second kappa shape index (κ2) is 10.5. The molecule has 2 amide bonds. The summed E-state index contributed by atoms with van der Waals surface area (Å²) in [6.45, 7) is 8.07. The van der Waals surface area contributed by atoms with Gasteiger partial charge in [-0.25, -0.2) is 8.42 Å². The fourth-order valence-corrected chi connectivity index (χ4v) is 4.57. The molecule has 0 aromatic heterocycles. The molecule has 0 saturated carbocycles. The molecule has 0 atom stereocenters. The van der Waals surface area contributed by atoms with Gasteiger partial charge in [0.2, 0.25) is 0 Å². The maximum absolute atomic E-state index is 13.0. The van der Waals surface area contributed by atoms with Gasteiger partial charge in [0.15, 0.2) is 0 Å². The van der Waals surface area contributed by atoms with Gasteiger partial charge < -0.3 is 10.6 Å². The number of sulfonamides is 1. The van der Waals surface area contributed by atoms with Crippen molar-refractivity contribution in [3.8, 4) is 0 Å². The molecule has 3 rings (SSSR count). The van der Waals surface area contributed by atoms with Crippen LogP contribution in [0.4, 0.5) is 11.4 Å². The van der Waals surface area contributed by atoms with Gasteiger partial charge in [0, 0.05) is 17.8 Å². The van der Waals surface area contributed by atoms with E-state index in [0.29, 0.717) is 29.0 Å². The van der Waals surface area contributed by atoms with Crippen molar-refractivity contribution < 1.29 is 18.0 Å². The molecule has 0 aliphatic rings. The second-order valence-corrected chi connectivity index (χ2v) is 10.2. The van der Waals surface area contributed by atoms with Crippen molar-refractivity contribution in [2.45, 2.75) is 32.6 Å². The van der Waals surface area contributed by atoms with Crippen LogP contribution < -0.4 is 15.4 Å². The zero-order valence-corrected chi connectivity index (χ0v) is 20.5. The molecule has 0 bridgehead atoms. The van der Waals surface area contributed by atoms with E-state index in [9.17, 15) is 18.0 Å². The van der Waals surface area contributed by atoms with E-state index in [1.807, 2.05) is 32.9 Å². The number of nitrogens with one attached hydrogen (secondary N) is 3. The van der Waals surface area contributed by atoms with Gasteiger partial charge in [0.05, 0.1) is 16.1 Å². The summed E-state index contributed by atoms with van der Waals surface area (Å²) in [5.74, 6) is -0.526. The first-order valence-electron chi connectivity index (χ1n) is 11.0. The highest BCUT2D eigenvalue weighted by Crippen LogP contribution is 2.23. The Hall–Kier alpha value is -3.65. The molecule has 3 aromatic carbocycles. The predicted octanol–water partition coefficient (Wildman–Crippen LogP) is 4.74. The van der Waals surface area contributed by atoms with Crippen molar-refractivity contribution in [3.05, 3.63) is 89.0 Å². The first kappa shape index (κ1) is 25.0. The van der Waals surface area contributed by atoms with Crippen LogP contribution in [0.2, 0.25) is 0 Å². The monoisotopic (exact) mass is 479 g/mol. The van der Waals surface area contributed by atoms with Crippen LogP contribution in [0.15, 0.2) is 71.6 Å². The highest BCUT2D eigenvalue weighted by atomic mass is 32.2. The Morgan fingerprint density at radius 1 is 0.882 bits per heavy atom. The number of hydrogen-bond donors (Lipinski definition) is 3. The van der Waals surface area contributed by atoms with Crippen molar-refractivity contribution in [1.82, 2.24) is 5.32 Å². The van der Waals surface area contributed by atoms with Crippen LogP contribution in [0.1, 0.15) is 45.7 Å². The Bertz CT molecular complexity index is 1300. The lowest BCUT2D eigenvalue weighted by Crippen LogP contribution is -2.28. The number of carbonyl (C=O) groups is 2. The minimum Gasteiger partial charge on any atom is -0.352 e. The lowest BCUT2D eigenvalue weighted by Gasteiger charge is -2.14. The van der Waals surface area contributed by atoms with E-state index in [0.717, 1.165) is 5.56 Å². The standard InChI is InChI=1S/C26H29N3O4S/c1-17(2)16-27-26(31)22-7-5-6-8-23(22)28-25(30)20-12-11-19(4)24(15-20)34(32,33)29-21-13-9-18(3)10-14-21/h5-15,17,29H,16H2,1-4H3,(H,27,31)(H,28,30). The quantitative estimate of drug-likeness (QED) is 0.434. The van der Waals surface area contributed by atoms with Gasteiger partial charge in [-0.2, -0.15) is 0 Å². The molecule has 34 heavy (non-hydrogen) atoms. The van der Waals surface area contributed by atoms with Gasteiger partial charge in [-0.15, -0.1) is 0 Å². The molecule has 0 aliphatic carbocycles. The Labute approximate surface area is 200 Å². The summed E-state index contributed by atoms with van der Waals surface area (Å²) in [7, 11) is -3.92. The van der Waals surface area contributed by atoms with E-state index in [-0.39, 0.29) is 22.3 Å². The molecule has 0 heterocycles. The molecule has 3 N–H and O–H groups in total. The summed E-state index contributed by atoms with van der Waals surface area (Å²) < 4.78 is 28.6. The number of rotatable bonds is 8. The van der Waals surface area contributed by atoms with E-state index in [1.54, 1.807) is 55.5 Å². The number of benzene rings is 3. The lowest BCUT2D eigenvalue weighted by atomic mass is 10.1. The fraction of sp³-hybridized carbons (Fsp3) is 0.231. The van der Waals surface area contributed by atoms with Crippen molar-refractivity contribution in [3.63, 3.8) is 0 Å². The first-order valence-corrected chi connectivity index (χ1v) is 12.4. The van der Waals surface area contributed by atoms with Crippen molar-refractivity contribution in [2.24, 2.45) is 5.92 Å². The number of anilines is 2. The zero-order valence-electron chi connectivity index (χ0n) is 19.7. The Morgan fingerprint density at radius 3 is 2.24 bits per heavy atom. The van der Waals surface area contributed by atoms with E-state index in [2.05, 4.69) is 15.4 Å². The zero-order chi connectivity index (χ0) is 24.9. The molecule has 0 aliphatic heterocycles. The number of amides is 2. The second-order valence-electron chi connectivity index (χ2n) is 8.56. The molecule has 0 radical (unpaired) electrons. The van der Waals surface area contributed by atoms with Gasteiger partial charge in [-0.05, 0) is 61.7 Å². The average Bonchev–Trinajstić information content (AvgIpc) is 2.79. The summed E-state index contributed by atoms with van der Waals surface area (Å²) >= 11 is 0. The minimum absolute atomic E-state index is 0.00341. The maximum Gasteiger partial charge on any atom is 0.262 e. The smallest absolute Gasteiger partial charge is 0.262 e. The average molecular weight is 480 g/mol. The molecule has 0 unspecified atom stereocenters. The van der Waals surface area contributed by atoms with Crippen LogP contribution >= 0.6 is 0 Å². The highest BCUT2D eigenvalue weighted by Gasteiger charge is 2.20. The molecule has 0 saturated heterocycles. The van der Waals surface area contributed by atoms with Crippen LogP contribution in [0.5, 0.6) is 0 Å². The van der Waals surface area contributed by atoms with Crippen molar-refractivity contribution in [1.29, 1.82) is 0 Å². The highest BCUT2D eigenvalue weighted by molar-refractivity contribution is 7.92. The molecule has 0 fully saturated rings. The molecule has 7 nitrogen and oxygen atoms in total. The summed E-state index contributed by atoms with van der Waals surface area (Å²) in [5, 5.41) is 5.57. The minimum atomic E-state index is -3.92. The predicted molar refractivity (Wildman–Crippen MR) is 135 cm³/mol. The molecule has 178 valence electrons. The maximum atomic E-state index is 13.0. The van der Waals surface area contributed by atoms with Crippen LogP contribution in [-0.2, 0) is 10.0 Å². The Morgan fingerprint density at radius 2 is 1.56 bits per heavy atom. The Balaban J connectivity index is 1.84. The third kappa shape index (κ3) is 6.23. The van der Waals surface area contributed by atoms with Gasteiger partial charge in [-0.3, -0.25) is 14.3 Å². The molecular weight excluding hydrogens is 450 g/mol. The first-order chi connectivity index (χ1) is 16.1. The molecular formula is C26H29N3O4S. The van der Waals surface area contributed by atoms with Crippen LogP contribution in [0.25, 0.3) is 0 Å². The SMILES string of the molecule is Cc1ccc(NS(=O)(=O)c2cc(C(=O)Nc3ccccc3C(=O)NCC(C)C)ccc2C)cc1. The van der Waals surface area contributed by atoms with E-state index >= 15 is 0 Å². The number of aryl methyl sites for hydroxylation is 2. The van der Waals surface area contributed by atoms with Gasteiger partial charge >= 0.3 is 0 Å². The number of carbonyl (C=O) groups excluding carboxylic acids is 2. The van der Waals surface area contributed by atoms with Crippen LogP contribution in [-0.4, -0.2) is 26.8 Å². The van der Waals surface area contributed by atoms with Crippen molar-refractivity contribution in [2.75, 3.05) is 16.6 Å². The van der Waals surface area contributed by atoms with Gasteiger partial charge in [0.1, 0.15) is 0 Å².